The molecule has 0 spiro atoms. The fourth-order valence-electron chi connectivity index (χ4n) is 2.51. The van der Waals surface area contributed by atoms with Crippen LogP contribution in [0.15, 0.2) is 17.1 Å². The Balaban J connectivity index is 1.96. The van der Waals surface area contributed by atoms with E-state index in [0.717, 1.165) is 17.7 Å². The van der Waals surface area contributed by atoms with Crippen molar-refractivity contribution in [2.45, 2.75) is 43.2 Å². The van der Waals surface area contributed by atoms with Crippen LogP contribution >= 0.6 is 15.6 Å². The second-order valence-electron chi connectivity index (χ2n) is 7.23. The Kier molecular flexibility index (Phi) is 8.92. The molecule has 1 saturated heterocycles. The maximum absolute atomic E-state index is 12.0. The van der Waals surface area contributed by atoms with Gasteiger partial charge in [0.2, 0.25) is 0 Å². The number of hydrogen-bond donors (Lipinski definition) is 8. The molecule has 19 heteroatoms. The summed E-state index contributed by atoms with van der Waals surface area (Å²) < 4.78 is 42.7. The number of nitrogens with zero attached hydrogens (tertiary/aromatic N) is 2. The van der Waals surface area contributed by atoms with Gasteiger partial charge < -0.3 is 45.8 Å². The molecule has 2 rings (SSSR count). The number of aromatic nitrogens is 2. The lowest BCUT2D eigenvalue weighted by molar-refractivity contribution is -0.107. The largest absolute Gasteiger partial charge is 0.481 e. The highest BCUT2D eigenvalue weighted by molar-refractivity contribution is 7.61. The first kappa shape index (κ1) is 27.9. The fourth-order valence-corrected chi connectivity index (χ4v) is 4.60. The van der Waals surface area contributed by atoms with Crippen molar-refractivity contribution in [3.05, 3.63) is 22.7 Å². The first-order valence-corrected chi connectivity index (χ1v) is 12.1. The van der Waals surface area contributed by atoms with Crippen molar-refractivity contribution < 1.29 is 62.5 Å². The van der Waals surface area contributed by atoms with Crippen LogP contribution in [-0.2, 0) is 27.2 Å². The van der Waals surface area contributed by atoms with Crippen LogP contribution in [0.1, 0.15) is 13.2 Å². The van der Waals surface area contributed by atoms with Gasteiger partial charge in [0.25, 0.3) is 0 Å². The minimum atomic E-state index is -5.33. The number of phosphoric acid groups is 2. The second kappa shape index (κ2) is 10.5. The molecule has 33 heavy (non-hydrogen) atoms. The molecule has 0 bridgehead atoms. The third-order valence-electron chi connectivity index (χ3n) is 4.50. The summed E-state index contributed by atoms with van der Waals surface area (Å²) in [6.45, 7) is -1.94. The predicted octanol–water partition coefficient (Wildman–Crippen LogP) is -3.20. The molecule has 190 valence electrons. The van der Waals surface area contributed by atoms with E-state index in [0.29, 0.717) is 0 Å². The smallest absolute Gasteiger partial charge is 0.393 e. The van der Waals surface area contributed by atoms with E-state index in [-0.39, 0.29) is 5.82 Å². The molecule has 1 aliphatic rings. The molecule has 2 heterocycles. The van der Waals surface area contributed by atoms with E-state index in [1.807, 2.05) is 0 Å². The van der Waals surface area contributed by atoms with E-state index >= 15 is 0 Å². The molecule has 1 aromatic rings. The van der Waals surface area contributed by atoms with Gasteiger partial charge >= 0.3 is 21.3 Å². The highest BCUT2D eigenvalue weighted by atomic mass is 31.3. The van der Waals surface area contributed by atoms with E-state index in [9.17, 15) is 44.1 Å². The van der Waals surface area contributed by atoms with Crippen LogP contribution in [0.3, 0.4) is 0 Å². The summed E-state index contributed by atoms with van der Waals surface area (Å²) in [7, 11) is -10.6. The molecular formula is C14H25N3O14P2. The predicted molar refractivity (Wildman–Crippen MR) is 105 cm³/mol. The molecular weight excluding hydrogens is 496 g/mol. The number of nitrogen functional groups attached to an aromatic ring is 1. The Labute approximate surface area is 185 Å². The van der Waals surface area contributed by atoms with Crippen LogP contribution in [0.2, 0.25) is 0 Å². The molecule has 17 nitrogen and oxygen atoms in total. The van der Waals surface area contributed by atoms with Crippen molar-refractivity contribution >= 4 is 21.5 Å². The van der Waals surface area contributed by atoms with Crippen LogP contribution < -0.4 is 11.4 Å². The van der Waals surface area contributed by atoms with Crippen molar-refractivity contribution in [3.8, 4) is 0 Å². The van der Waals surface area contributed by atoms with Crippen LogP contribution in [0, 0.1) is 0 Å². The zero-order valence-electron chi connectivity index (χ0n) is 17.0. The summed E-state index contributed by atoms with van der Waals surface area (Å²) >= 11 is 0. The van der Waals surface area contributed by atoms with E-state index in [2.05, 4.69) is 18.3 Å². The second-order valence-corrected chi connectivity index (χ2v) is 10.3. The standard InChI is InChI=1S/C14H25N3O14P2/c1-14(23,6-18)8(19)5-29-33(26,27)31-32(24,25)28-4-7-10(20)11(21)12(30-7)17-3-2-9(15)16-13(17)22/h2-3,7-8,10-12,18-21,23H,4-6H2,1H3,(H,24,25)(H,26,27)(H2,15,16,22)/t7?,8?,10?,11?,12?,14-/m0/s1. The molecule has 0 radical (unpaired) electrons. The maximum atomic E-state index is 12.0. The molecule has 0 amide bonds. The summed E-state index contributed by atoms with van der Waals surface area (Å²) in [6.07, 6.45) is -7.07. The summed E-state index contributed by atoms with van der Waals surface area (Å²) in [5.41, 5.74) is 2.35. The molecule has 0 aliphatic carbocycles. The van der Waals surface area contributed by atoms with E-state index in [1.165, 1.54) is 6.07 Å². The fraction of sp³-hybridized carbons (Fsp3) is 0.714. The molecule has 9 N–H and O–H groups in total. The van der Waals surface area contributed by atoms with Crippen LogP contribution in [0.5, 0.6) is 0 Å². The molecule has 1 fully saturated rings. The average Bonchev–Trinajstić information content (AvgIpc) is 2.98. The minimum absolute atomic E-state index is 0.106. The lowest BCUT2D eigenvalue weighted by atomic mass is 10.0. The van der Waals surface area contributed by atoms with Crippen molar-refractivity contribution in [3.63, 3.8) is 0 Å². The first-order valence-electron chi connectivity index (χ1n) is 9.12. The van der Waals surface area contributed by atoms with Gasteiger partial charge in [-0.05, 0) is 13.0 Å². The molecule has 0 aromatic carbocycles. The molecule has 1 aromatic heterocycles. The number of anilines is 1. The zero-order chi connectivity index (χ0) is 25.2. The van der Waals surface area contributed by atoms with Gasteiger partial charge in [-0.1, -0.05) is 0 Å². The topological polar surface area (TPSA) is 274 Å². The lowest BCUT2D eigenvalue weighted by Crippen LogP contribution is -2.45. The molecule has 0 saturated carbocycles. The summed E-state index contributed by atoms with van der Waals surface area (Å²) in [6, 6.07) is 1.22. The van der Waals surface area contributed by atoms with Gasteiger partial charge in [0.15, 0.2) is 6.23 Å². The van der Waals surface area contributed by atoms with Gasteiger partial charge in [0.1, 0.15) is 35.8 Å². The van der Waals surface area contributed by atoms with Gasteiger partial charge in [-0.2, -0.15) is 9.29 Å². The van der Waals surface area contributed by atoms with Gasteiger partial charge in [-0.3, -0.25) is 13.6 Å². The Morgan fingerprint density at radius 3 is 2.45 bits per heavy atom. The quantitative estimate of drug-likeness (QED) is 0.133. The number of hydrogen-bond acceptors (Lipinski definition) is 14. The number of phosphoric ester groups is 2. The van der Waals surface area contributed by atoms with Gasteiger partial charge in [-0.25, -0.2) is 13.9 Å². The third kappa shape index (κ3) is 7.34. The van der Waals surface area contributed by atoms with Crippen molar-refractivity contribution in [1.29, 1.82) is 0 Å². The Bertz CT molecular complexity index is 973. The van der Waals surface area contributed by atoms with Crippen LogP contribution in [0.4, 0.5) is 5.82 Å². The Morgan fingerprint density at radius 1 is 1.27 bits per heavy atom. The van der Waals surface area contributed by atoms with Crippen molar-refractivity contribution in [2.24, 2.45) is 0 Å². The number of rotatable bonds is 11. The third-order valence-corrected chi connectivity index (χ3v) is 7.11. The summed E-state index contributed by atoms with van der Waals surface area (Å²) in [5, 5.41) is 48.3. The number of nitrogens with two attached hydrogens (primary N) is 1. The normalized spacial score (nSPS) is 29.7. The van der Waals surface area contributed by atoms with E-state index in [1.54, 1.807) is 0 Å². The van der Waals surface area contributed by atoms with Crippen molar-refractivity contribution in [1.82, 2.24) is 9.55 Å². The molecule has 1 aliphatic heterocycles. The van der Waals surface area contributed by atoms with Gasteiger partial charge in [0, 0.05) is 6.20 Å². The number of ether oxygens (including phenoxy) is 1. The summed E-state index contributed by atoms with van der Waals surface area (Å²) in [5.74, 6) is -0.106. The highest BCUT2D eigenvalue weighted by Crippen LogP contribution is 2.60. The SMILES string of the molecule is C[C@](O)(CO)C(O)COP(=O)(O)OP(=O)(O)OCC1OC(n2ccc(N)nc2=O)C(O)C1O. The number of aliphatic hydroxyl groups is 5. The van der Waals surface area contributed by atoms with E-state index < -0.39 is 77.4 Å². The first-order chi connectivity index (χ1) is 15.1. The summed E-state index contributed by atoms with van der Waals surface area (Å²) in [4.78, 5) is 34.5. The van der Waals surface area contributed by atoms with Gasteiger partial charge in [-0.15, -0.1) is 0 Å². The molecule has 8 atom stereocenters. The number of aliphatic hydroxyl groups excluding tert-OH is 4. The minimum Gasteiger partial charge on any atom is -0.393 e. The maximum Gasteiger partial charge on any atom is 0.481 e. The Morgan fingerprint density at radius 2 is 1.88 bits per heavy atom. The zero-order valence-corrected chi connectivity index (χ0v) is 18.8. The lowest BCUT2D eigenvalue weighted by Gasteiger charge is -2.27. The average molecular weight is 521 g/mol. The molecule has 7 unspecified atom stereocenters. The van der Waals surface area contributed by atoms with Crippen molar-refractivity contribution in [2.75, 3.05) is 25.6 Å². The van der Waals surface area contributed by atoms with Gasteiger partial charge in [0.05, 0.1) is 19.8 Å². The van der Waals surface area contributed by atoms with E-state index in [4.69, 9.17) is 15.6 Å². The highest BCUT2D eigenvalue weighted by Gasteiger charge is 2.46. The Hall–Kier alpha value is -1.30. The van der Waals surface area contributed by atoms with Crippen LogP contribution in [0.25, 0.3) is 0 Å². The monoisotopic (exact) mass is 521 g/mol. The van der Waals surface area contributed by atoms with Crippen LogP contribution in [-0.4, -0.2) is 94.7 Å².